The maximum atomic E-state index is 11.9. The number of benzene rings is 1. The number of carbonyl (C=O) groups excluding carboxylic acids is 1. The minimum Gasteiger partial charge on any atom is -0.352 e. The highest BCUT2D eigenvalue weighted by Crippen LogP contribution is 2.05. The molecule has 3 N–H and O–H groups in total. The fourth-order valence-corrected chi connectivity index (χ4v) is 2.08. The van der Waals surface area contributed by atoms with Crippen LogP contribution in [0.1, 0.15) is 32.8 Å². The molecule has 0 saturated carbocycles. The van der Waals surface area contributed by atoms with Gasteiger partial charge >= 0.3 is 0 Å². The van der Waals surface area contributed by atoms with E-state index in [4.69, 9.17) is 5.73 Å². The van der Waals surface area contributed by atoms with E-state index < -0.39 is 6.04 Å². The smallest absolute Gasteiger partial charge is 0.237 e. The Morgan fingerprint density at radius 2 is 1.83 bits per heavy atom. The van der Waals surface area contributed by atoms with Gasteiger partial charge in [-0.25, -0.2) is 0 Å². The standard InChI is InChI=1S/C15H24N2O/c1-11(2)9-12(3)17-15(18)14(16)10-13-7-5-4-6-8-13/h4-8,11-12,14H,9-10,16H2,1-3H3,(H,17,18). The van der Waals surface area contributed by atoms with Gasteiger partial charge in [0.15, 0.2) is 0 Å². The Kier molecular flexibility index (Phi) is 5.86. The van der Waals surface area contributed by atoms with E-state index in [2.05, 4.69) is 19.2 Å². The van der Waals surface area contributed by atoms with Crippen molar-refractivity contribution in [1.82, 2.24) is 5.32 Å². The van der Waals surface area contributed by atoms with E-state index in [1.807, 2.05) is 37.3 Å². The molecule has 1 amide bonds. The SMILES string of the molecule is CC(C)CC(C)NC(=O)C(N)Cc1ccccc1. The monoisotopic (exact) mass is 248 g/mol. The average Bonchev–Trinajstić information content (AvgIpc) is 2.28. The van der Waals surface area contributed by atoms with Gasteiger partial charge in [0, 0.05) is 6.04 Å². The van der Waals surface area contributed by atoms with E-state index in [9.17, 15) is 4.79 Å². The lowest BCUT2D eigenvalue weighted by Crippen LogP contribution is -2.45. The van der Waals surface area contributed by atoms with Gasteiger partial charge in [-0.15, -0.1) is 0 Å². The first-order valence-electron chi connectivity index (χ1n) is 6.59. The number of amides is 1. The topological polar surface area (TPSA) is 55.1 Å². The van der Waals surface area contributed by atoms with Gasteiger partial charge in [-0.3, -0.25) is 4.79 Å². The van der Waals surface area contributed by atoms with Gasteiger partial charge in [-0.05, 0) is 31.2 Å². The first-order valence-corrected chi connectivity index (χ1v) is 6.59. The third-order valence-electron chi connectivity index (χ3n) is 2.85. The third kappa shape index (κ3) is 5.32. The van der Waals surface area contributed by atoms with Gasteiger partial charge in [0.25, 0.3) is 0 Å². The molecule has 1 aromatic carbocycles. The highest BCUT2D eigenvalue weighted by atomic mass is 16.2. The molecule has 100 valence electrons. The van der Waals surface area contributed by atoms with E-state index in [1.54, 1.807) is 0 Å². The molecule has 1 aromatic rings. The van der Waals surface area contributed by atoms with Crippen LogP contribution in [0.5, 0.6) is 0 Å². The van der Waals surface area contributed by atoms with Crippen LogP contribution in [0.15, 0.2) is 30.3 Å². The van der Waals surface area contributed by atoms with Gasteiger partial charge in [0.2, 0.25) is 5.91 Å². The fraction of sp³-hybridized carbons (Fsp3) is 0.533. The predicted molar refractivity (Wildman–Crippen MR) is 75.2 cm³/mol. The van der Waals surface area contributed by atoms with Crippen molar-refractivity contribution in [1.29, 1.82) is 0 Å². The maximum Gasteiger partial charge on any atom is 0.237 e. The summed E-state index contributed by atoms with van der Waals surface area (Å²) in [5.41, 5.74) is 7.01. The molecule has 0 aliphatic heterocycles. The van der Waals surface area contributed by atoms with Crippen molar-refractivity contribution in [2.45, 2.75) is 45.7 Å². The van der Waals surface area contributed by atoms with Crippen molar-refractivity contribution in [3.8, 4) is 0 Å². The number of carbonyl (C=O) groups is 1. The molecule has 2 atom stereocenters. The lowest BCUT2D eigenvalue weighted by Gasteiger charge is -2.19. The van der Waals surface area contributed by atoms with Gasteiger partial charge < -0.3 is 11.1 Å². The summed E-state index contributed by atoms with van der Waals surface area (Å²) in [6.45, 7) is 6.31. The van der Waals surface area contributed by atoms with Crippen LogP contribution in [-0.4, -0.2) is 18.0 Å². The molecule has 0 bridgehead atoms. The van der Waals surface area contributed by atoms with Crippen molar-refractivity contribution in [3.63, 3.8) is 0 Å². The summed E-state index contributed by atoms with van der Waals surface area (Å²) in [6, 6.07) is 9.57. The Morgan fingerprint density at radius 3 is 2.39 bits per heavy atom. The number of hydrogen-bond donors (Lipinski definition) is 2. The Hall–Kier alpha value is -1.35. The Labute approximate surface area is 110 Å². The summed E-state index contributed by atoms with van der Waals surface area (Å²) in [6.07, 6.45) is 1.56. The van der Waals surface area contributed by atoms with E-state index in [0.717, 1.165) is 12.0 Å². The Bertz CT molecular complexity index is 362. The van der Waals surface area contributed by atoms with Crippen LogP contribution < -0.4 is 11.1 Å². The zero-order valence-electron chi connectivity index (χ0n) is 11.5. The molecular formula is C15H24N2O. The van der Waals surface area contributed by atoms with E-state index in [1.165, 1.54) is 0 Å². The first-order chi connectivity index (χ1) is 8.49. The normalized spacial score (nSPS) is 14.3. The minimum absolute atomic E-state index is 0.0630. The molecular weight excluding hydrogens is 224 g/mol. The molecule has 3 heteroatoms. The second kappa shape index (κ2) is 7.17. The summed E-state index contributed by atoms with van der Waals surface area (Å²) in [4.78, 5) is 11.9. The van der Waals surface area contributed by atoms with Crippen molar-refractivity contribution in [2.24, 2.45) is 11.7 Å². The number of hydrogen-bond acceptors (Lipinski definition) is 2. The molecule has 0 saturated heterocycles. The molecule has 0 radical (unpaired) electrons. The van der Waals surface area contributed by atoms with E-state index in [0.29, 0.717) is 12.3 Å². The van der Waals surface area contributed by atoms with Crippen molar-refractivity contribution in [3.05, 3.63) is 35.9 Å². The van der Waals surface area contributed by atoms with Crippen LogP contribution in [0.2, 0.25) is 0 Å². The van der Waals surface area contributed by atoms with Gasteiger partial charge in [-0.1, -0.05) is 44.2 Å². The largest absolute Gasteiger partial charge is 0.352 e. The van der Waals surface area contributed by atoms with E-state index >= 15 is 0 Å². The molecule has 0 heterocycles. The summed E-state index contributed by atoms with van der Waals surface area (Å²) in [5, 5.41) is 2.97. The number of rotatable bonds is 6. The summed E-state index contributed by atoms with van der Waals surface area (Å²) in [5.74, 6) is 0.512. The first kappa shape index (κ1) is 14.7. The second-order valence-corrected chi connectivity index (χ2v) is 5.34. The Balaban J connectivity index is 2.42. The second-order valence-electron chi connectivity index (χ2n) is 5.34. The van der Waals surface area contributed by atoms with E-state index in [-0.39, 0.29) is 11.9 Å². The molecule has 0 spiro atoms. The average molecular weight is 248 g/mol. The zero-order chi connectivity index (χ0) is 13.5. The maximum absolute atomic E-state index is 11.9. The third-order valence-corrected chi connectivity index (χ3v) is 2.85. The van der Waals surface area contributed by atoms with Crippen LogP contribution in [0.25, 0.3) is 0 Å². The molecule has 3 nitrogen and oxygen atoms in total. The molecule has 0 aliphatic carbocycles. The molecule has 2 unspecified atom stereocenters. The summed E-state index contributed by atoms with van der Waals surface area (Å²) < 4.78 is 0. The highest BCUT2D eigenvalue weighted by molar-refractivity contribution is 5.82. The molecule has 0 aliphatic rings. The number of nitrogens with two attached hydrogens (primary N) is 1. The van der Waals surface area contributed by atoms with Crippen LogP contribution in [-0.2, 0) is 11.2 Å². The van der Waals surface area contributed by atoms with Gasteiger partial charge in [-0.2, -0.15) is 0 Å². The summed E-state index contributed by atoms with van der Waals surface area (Å²) >= 11 is 0. The van der Waals surface area contributed by atoms with Crippen molar-refractivity contribution in [2.75, 3.05) is 0 Å². The van der Waals surface area contributed by atoms with Crippen LogP contribution in [0, 0.1) is 5.92 Å². The Morgan fingerprint density at radius 1 is 1.22 bits per heavy atom. The fourth-order valence-electron chi connectivity index (χ4n) is 2.08. The van der Waals surface area contributed by atoms with Gasteiger partial charge in [0.05, 0.1) is 6.04 Å². The minimum atomic E-state index is -0.470. The lowest BCUT2D eigenvalue weighted by atomic mass is 10.0. The predicted octanol–water partition coefficient (Wildman–Crippen LogP) is 2.11. The molecule has 18 heavy (non-hydrogen) atoms. The number of nitrogens with one attached hydrogen (secondary N) is 1. The van der Waals surface area contributed by atoms with Crippen LogP contribution in [0.4, 0.5) is 0 Å². The highest BCUT2D eigenvalue weighted by Gasteiger charge is 2.16. The lowest BCUT2D eigenvalue weighted by molar-refractivity contribution is -0.123. The van der Waals surface area contributed by atoms with Crippen molar-refractivity contribution < 1.29 is 4.79 Å². The van der Waals surface area contributed by atoms with Crippen LogP contribution >= 0.6 is 0 Å². The molecule has 1 rings (SSSR count). The van der Waals surface area contributed by atoms with Crippen LogP contribution in [0.3, 0.4) is 0 Å². The van der Waals surface area contributed by atoms with Crippen molar-refractivity contribution >= 4 is 5.91 Å². The summed E-state index contributed by atoms with van der Waals surface area (Å²) in [7, 11) is 0. The van der Waals surface area contributed by atoms with Gasteiger partial charge in [0.1, 0.15) is 0 Å². The quantitative estimate of drug-likeness (QED) is 0.810. The zero-order valence-corrected chi connectivity index (χ0v) is 11.5. The molecule has 0 aromatic heterocycles. The molecule has 0 fully saturated rings.